The third-order valence-electron chi connectivity index (χ3n) is 3.09. The molecule has 0 aliphatic rings. The lowest BCUT2D eigenvalue weighted by Crippen LogP contribution is -2.36. The summed E-state index contributed by atoms with van der Waals surface area (Å²) in [4.78, 5) is 1.32. The molecule has 1 aromatic rings. The number of nitrogens with one attached hydrogen (secondary N) is 1. The first-order chi connectivity index (χ1) is 8.86. The summed E-state index contributed by atoms with van der Waals surface area (Å²) >= 11 is 1.88. The Morgan fingerprint density at radius 3 is 2.50 bits per heavy atom. The number of hydrogen-bond donors (Lipinski definition) is 2. The SMILES string of the molecule is CCCCCCCC(CSc1ccccc1)NN. The van der Waals surface area contributed by atoms with E-state index in [-0.39, 0.29) is 0 Å². The number of thioether (sulfide) groups is 1. The molecule has 102 valence electrons. The minimum Gasteiger partial charge on any atom is -0.271 e. The molecule has 3 N–H and O–H groups in total. The van der Waals surface area contributed by atoms with Crippen LogP contribution in [0, 0.1) is 0 Å². The van der Waals surface area contributed by atoms with Crippen molar-refractivity contribution in [2.75, 3.05) is 5.75 Å². The van der Waals surface area contributed by atoms with E-state index in [4.69, 9.17) is 5.84 Å². The van der Waals surface area contributed by atoms with Crippen molar-refractivity contribution in [3.63, 3.8) is 0 Å². The van der Waals surface area contributed by atoms with Crippen LogP contribution in [0.2, 0.25) is 0 Å². The standard InChI is InChI=1S/C15H26N2S/c1-2-3-4-5-7-10-14(17-16)13-18-15-11-8-6-9-12-15/h6,8-9,11-12,14,17H,2-5,7,10,13,16H2,1H3. The van der Waals surface area contributed by atoms with Crippen LogP contribution in [0.3, 0.4) is 0 Å². The first-order valence-electron chi connectivity index (χ1n) is 7.00. The largest absolute Gasteiger partial charge is 0.271 e. The fourth-order valence-electron chi connectivity index (χ4n) is 1.92. The van der Waals surface area contributed by atoms with Gasteiger partial charge in [0.15, 0.2) is 0 Å². The van der Waals surface area contributed by atoms with E-state index in [0.29, 0.717) is 6.04 Å². The monoisotopic (exact) mass is 266 g/mol. The highest BCUT2D eigenvalue weighted by Gasteiger charge is 2.06. The van der Waals surface area contributed by atoms with Crippen LogP contribution in [-0.4, -0.2) is 11.8 Å². The van der Waals surface area contributed by atoms with Crippen LogP contribution >= 0.6 is 11.8 Å². The second-order valence-corrected chi connectivity index (χ2v) is 5.78. The second kappa shape index (κ2) is 10.4. The molecule has 0 amide bonds. The predicted octanol–water partition coefficient (Wildman–Crippen LogP) is 3.97. The summed E-state index contributed by atoms with van der Waals surface area (Å²) in [5, 5.41) is 0. The fourth-order valence-corrected chi connectivity index (χ4v) is 2.93. The number of hydrazine groups is 1. The van der Waals surface area contributed by atoms with Gasteiger partial charge in [0, 0.05) is 16.7 Å². The molecule has 0 aromatic heterocycles. The average molecular weight is 266 g/mol. The summed E-state index contributed by atoms with van der Waals surface area (Å²) in [7, 11) is 0. The Labute approximate surface area is 116 Å². The Balaban J connectivity index is 2.13. The van der Waals surface area contributed by atoms with Crippen LogP contribution in [0.1, 0.15) is 45.4 Å². The van der Waals surface area contributed by atoms with Crippen molar-refractivity contribution in [3.05, 3.63) is 30.3 Å². The maximum atomic E-state index is 5.61. The van der Waals surface area contributed by atoms with Gasteiger partial charge in [-0.3, -0.25) is 11.3 Å². The van der Waals surface area contributed by atoms with Crippen LogP contribution in [0.5, 0.6) is 0 Å². The summed E-state index contributed by atoms with van der Waals surface area (Å²) in [6.45, 7) is 2.25. The fraction of sp³-hybridized carbons (Fsp3) is 0.600. The van der Waals surface area contributed by atoms with Gasteiger partial charge in [-0.05, 0) is 18.6 Å². The van der Waals surface area contributed by atoms with Gasteiger partial charge in [0.1, 0.15) is 0 Å². The summed E-state index contributed by atoms with van der Waals surface area (Å²) in [6.07, 6.45) is 7.83. The third-order valence-corrected chi connectivity index (χ3v) is 4.26. The van der Waals surface area contributed by atoms with Gasteiger partial charge in [-0.2, -0.15) is 0 Å². The van der Waals surface area contributed by atoms with E-state index in [0.717, 1.165) is 5.75 Å². The topological polar surface area (TPSA) is 38.0 Å². The van der Waals surface area contributed by atoms with E-state index in [2.05, 4.69) is 42.7 Å². The molecule has 1 unspecified atom stereocenters. The Hall–Kier alpha value is -0.510. The van der Waals surface area contributed by atoms with Crippen molar-refractivity contribution in [3.8, 4) is 0 Å². The molecule has 0 aliphatic carbocycles. The molecule has 18 heavy (non-hydrogen) atoms. The number of rotatable bonds is 10. The van der Waals surface area contributed by atoms with Crippen LogP contribution in [0.25, 0.3) is 0 Å². The number of unbranched alkanes of at least 4 members (excludes halogenated alkanes) is 4. The van der Waals surface area contributed by atoms with Gasteiger partial charge < -0.3 is 0 Å². The lowest BCUT2D eigenvalue weighted by Gasteiger charge is -2.15. The highest BCUT2D eigenvalue weighted by atomic mass is 32.2. The van der Waals surface area contributed by atoms with E-state index in [1.807, 2.05) is 11.8 Å². The molecule has 1 atom stereocenters. The molecule has 0 fully saturated rings. The van der Waals surface area contributed by atoms with Crippen molar-refractivity contribution in [1.29, 1.82) is 0 Å². The van der Waals surface area contributed by atoms with Crippen LogP contribution in [0.4, 0.5) is 0 Å². The molecule has 3 heteroatoms. The highest BCUT2D eigenvalue weighted by Crippen LogP contribution is 2.19. The third kappa shape index (κ3) is 7.04. The average Bonchev–Trinajstić information content (AvgIpc) is 2.43. The van der Waals surface area contributed by atoms with Gasteiger partial charge in [-0.1, -0.05) is 57.2 Å². The van der Waals surface area contributed by atoms with Gasteiger partial charge in [0.05, 0.1) is 0 Å². The molecular weight excluding hydrogens is 240 g/mol. The summed E-state index contributed by atoms with van der Waals surface area (Å²) in [6, 6.07) is 10.9. The summed E-state index contributed by atoms with van der Waals surface area (Å²) in [5.41, 5.74) is 2.94. The van der Waals surface area contributed by atoms with Gasteiger partial charge in [0.25, 0.3) is 0 Å². The minimum absolute atomic E-state index is 0.428. The van der Waals surface area contributed by atoms with E-state index in [1.54, 1.807) is 0 Å². The molecule has 0 aliphatic heterocycles. The van der Waals surface area contributed by atoms with Crippen LogP contribution in [-0.2, 0) is 0 Å². The lowest BCUT2D eigenvalue weighted by atomic mass is 10.1. The van der Waals surface area contributed by atoms with E-state index >= 15 is 0 Å². The highest BCUT2D eigenvalue weighted by molar-refractivity contribution is 7.99. The van der Waals surface area contributed by atoms with Crippen molar-refractivity contribution < 1.29 is 0 Å². The van der Waals surface area contributed by atoms with Crippen LogP contribution in [0.15, 0.2) is 35.2 Å². The lowest BCUT2D eigenvalue weighted by molar-refractivity contribution is 0.497. The van der Waals surface area contributed by atoms with E-state index in [1.165, 1.54) is 43.4 Å². The van der Waals surface area contributed by atoms with Gasteiger partial charge >= 0.3 is 0 Å². The quantitative estimate of drug-likeness (QED) is 0.291. The zero-order chi connectivity index (χ0) is 13.1. The Kier molecular flexibility index (Phi) is 9.00. The van der Waals surface area contributed by atoms with Gasteiger partial charge in [-0.15, -0.1) is 11.8 Å². The van der Waals surface area contributed by atoms with Gasteiger partial charge in [0.2, 0.25) is 0 Å². The zero-order valence-electron chi connectivity index (χ0n) is 11.4. The Morgan fingerprint density at radius 2 is 1.83 bits per heavy atom. The molecule has 0 spiro atoms. The summed E-state index contributed by atoms with van der Waals surface area (Å²) < 4.78 is 0. The second-order valence-electron chi connectivity index (χ2n) is 4.69. The first kappa shape index (κ1) is 15.5. The minimum atomic E-state index is 0.428. The first-order valence-corrected chi connectivity index (χ1v) is 7.99. The molecule has 0 saturated carbocycles. The molecule has 0 radical (unpaired) electrons. The molecule has 0 heterocycles. The number of hydrogen-bond acceptors (Lipinski definition) is 3. The summed E-state index contributed by atoms with van der Waals surface area (Å²) in [5.74, 6) is 6.66. The predicted molar refractivity (Wildman–Crippen MR) is 81.7 cm³/mol. The van der Waals surface area contributed by atoms with Crippen molar-refractivity contribution in [1.82, 2.24) is 5.43 Å². The molecule has 0 bridgehead atoms. The van der Waals surface area contributed by atoms with Crippen molar-refractivity contribution >= 4 is 11.8 Å². The number of nitrogens with two attached hydrogens (primary N) is 1. The maximum absolute atomic E-state index is 5.61. The molecule has 1 rings (SSSR count). The Morgan fingerprint density at radius 1 is 1.11 bits per heavy atom. The van der Waals surface area contributed by atoms with E-state index in [9.17, 15) is 0 Å². The smallest absolute Gasteiger partial charge is 0.0304 e. The van der Waals surface area contributed by atoms with Crippen molar-refractivity contribution in [2.24, 2.45) is 5.84 Å². The van der Waals surface area contributed by atoms with E-state index < -0.39 is 0 Å². The Bertz CT molecular complexity index is 290. The number of benzene rings is 1. The molecule has 2 nitrogen and oxygen atoms in total. The molecular formula is C15H26N2S. The normalized spacial score (nSPS) is 12.6. The molecule has 0 saturated heterocycles. The van der Waals surface area contributed by atoms with Crippen molar-refractivity contribution in [2.45, 2.75) is 56.4 Å². The molecule has 1 aromatic carbocycles. The maximum Gasteiger partial charge on any atom is 0.0304 e. The van der Waals surface area contributed by atoms with Crippen LogP contribution < -0.4 is 11.3 Å². The van der Waals surface area contributed by atoms with Gasteiger partial charge in [-0.25, -0.2) is 0 Å². The zero-order valence-corrected chi connectivity index (χ0v) is 12.2.